The van der Waals surface area contributed by atoms with Crippen LogP contribution in [0, 0.1) is 0 Å². The highest BCUT2D eigenvalue weighted by atomic mass is 32.2. The molecule has 1 saturated carbocycles. The van der Waals surface area contributed by atoms with Gasteiger partial charge < -0.3 is 10.2 Å². The molecule has 100 valence electrons. The van der Waals surface area contributed by atoms with Gasteiger partial charge in [0.15, 0.2) is 0 Å². The Morgan fingerprint density at radius 1 is 1.56 bits per heavy atom. The van der Waals surface area contributed by atoms with Crippen molar-refractivity contribution in [3.8, 4) is 0 Å². The summed E-state index contributed by atoms with van der Waals surface area (Å²) in [6.07, 6.45) is 2.59. The van der Waals surface area contributed by atoms with Crippen LogP contribution < -0.4 is 4.72 Å². The molecule has 0 radical (unpaired) electrons. The van der Waals surface area contributed by atoms with Crippen LogP contribution >= 0.6 is 0 Å². The van der Waals surface area contributed by atoms with Crippen LogP contribution in [-0.4, -0.2) is 46.5 Å². The van der Waals surface area contributed by atoms with Gasteiger partial charge in [0.1, 0.15) is 11.4 Å². The molecule has 9 heteroatoms. The third-order valence-corrected chi connectivity index (χ3v) is 4.13. The Morgan fingerprint density at radius 2 is 2.22 bits per heavy atom. The van der Waals surface area contributed by atoms with Crippen molar-refractivity contribution >= 4 is 16.0 Å². The summed E-state index contributed by atoms with van der Waals surface area (Å²) in [5, 5.41) is 21.3. The van der Waals surface area contributed by atoms with Crippen LogP contribution in [0.3, 0.4) is 0 Å². The third-order valence-electron chi connectivity index (χ3n) is 2.65. The molecular formula is C9H13N3O5S. The van der Waals surface area contributed by atoms with Gasteiger partial charge >= 0.3 is 5.97 Å². The number of aliphatic hydroxyl groups is 1. The van der Waals surface area contributed by atoms with Gasteiger partial charge in [-0.1, -0.05) is 0 Å². The minimum atomic E-state index is -3.70. The first-order valence-electron chi connectivity index (χ1n) is 5.31. The highest BCUT2D eigenvalue weighted by Crippen LogP contribution is 2.21. The van der Waals surface area contributed by atoms with E-state index < -0.39 is 28.6 Å². The second-order valence-electron chi connectivity index (χ2n) is 4.21. The summed E-state index contributed by atoms with van der Waals surface area (Å²) in [5.74, 6) is -1.10. The Hall–Kier alpha value is -1.45. The van der Waals surface area contributed by atoms with Crippen LogP contribution in [0.5, 0.6) is 0 Å². The third kappa shape index (κ3) is 2.86. The second-order valence-corrected chi connectivity index (χ2v) is 5.92. The first-order chi connectivity index (χ1) is 8.37. The van der Waals surface area contributed by atoms with Crippen LogP contribution in [-0.2, 0) is 21.4 Å². The van der Waals surface area contributed by atoms with Gasteiger partial charge in [0, 0.05) is 12.2 Å². The van der Waals surface area contributed by atoms with Crippen molar-refractivity contribution < 1.29 is 23.4 Å². The smallest absolute Gasteiger partial charge is 0.325 e. The first kappa shape index (κ1) is 13.0. The predicted octanol–water partition coefficient (Wildman–Crippen LogP) is -1.23. The summed E-state index contributed by atoms with van der Waals surface area (Å²) in [4.78, 5) is 10.4. The number of aliphatic hydroxyl groups excluding tert-OH is 1. The van der Waals surface area contributed by atoms with Crippen molar-refractivity contribution in [1.29, 1.82) is 0 Å². The van der Waals surface area contributed by atoms with E-state index in [1.807, 2.05) is 0 Å². The fourth-order valence-corrected chi connectivity index (χ4v) is 2.89. The van der Waals surface area contributed by atoms with E-state index in [2.05, 4.69) is 9.82 Å². The highest BCUT2D eigenvalue weighted by Gasteiger charge is 2.31. The zero-order valence-electron chi connectivity index (χ0n) is 9.35. The maximum absolute atomic E-state index is 11.8. The lowest BCUT2D eigenvalue weighted by Crippen LogP contribution is -2.46. The maximum atomic E-state index is 11.8. The van der Waals surface area contributed by atoms with Gasteiger partial charge in [0.25, 0.3) is 0 Å². The molecule has 0 aromatic carbocycles. The van der Waals surface area contributed by atoms with E-state index in [0.29, 0.717) is 12.8 Å². The molecule has 1 heterocycles. The largest absolute Gasteiger partial charge is 0.480 e. The topological polar surface area (TPSA) is 122 Å². The van der Waals surface area contributed by atoms with Gasteiger partial charge in [-0.15, -0.1) is 0 Å². The summed E-state index contributed by atoms with van der Waals surface area (Å²) < 4.78 is 27.1. The van der Waals surface area contributed by atoms with E-state index in [1.54, 1.807) is 0 Å². The number of aliphatic carboxylic acids is 1. The zero-order valence-corrected chi connectivity index (χ0v) is 10.2. The number of rotatable bonds is 5. The van der Waals surface area contributed by atoms with E-state index in [0.717, 1.165) is 17.1 Å². The predicted molar refractivity (Wildman–Crippen MR) is 59.2 cm³/mol. The number of hydrogen-bond acceptors (Lipinski definition) is 5. The lowest BCUT2D eigenvalue weighted by Gasteiger charge is -2.31. The monoisotopic (exact) mass is 275 g/mol. The average molecular weight is 275 g/mol. The highest BCUT2D eigenvalue weighted by molar-refractivity contribution is 7.89. The molecule has 0 unspecified atom stereocenters. The summed E-state index contributed by atoms with van der Waals surface area (Å²) in [5.41, 5.74) is 0. The molecule has 0 spiro atoms. The Kier molecular flexibility index (Phi) is 3.37. The van der Waals surface area contributed by atoms with Gasteiger partial charge in [-0.2, -0.15) is 5.10 Å². The van der Waals surface area contributed by atoms with Crippen LogP contribution in [0.15, 0.2) is 17.3 Å². The molecule has 1 fully saturated rings. The zero-order chi connectivity index (χ0) is 13.3. The van der Waals surface area contributed by atoms with Gasteiger partial charge in [0.2, 0.25) is 10.0 Å². The number of carboxylic acids is 1. The van der Waals surface area contributed by atoms with E-state index >= 15 is 0 Å². The number of hydrogen-bond donors (Lipinski definition) is 3. The second kappa shape index (κ2) is 4.67. The number of carboxylic acid groups (broad SMARTS) is 1. The maximum Gasteiger partial charge on any atom is 0.325 e. The van der Waals surface area contributed by atoms with Gasteiger partial charge in [-0.05, 0) is 12.8 Å². The molecule has 1 aliphatic carbocycles. The molecule has 1 aromatic rings. The van der Waals surface area contributed by atoms with Crippen molar-refractivity contribution in [3.63, 3.8) is 0 Å². The Bertz CT molecular complexity index is 546. The van der Waals surface area contributed by atoms with Crippen LogP contribution in [0.4, 0.5) is 0 Å². The number of carbonyl (C=O) groups is 1. The lowest BCUT2D eigenvalue weighted by atomic mass is 9.91. The van der Waals surface area contributed by atoms with Crippen molar-refractivity contribution in [2.75, 3.05) is 0 Å². The Labute approximate surface area is 103 Å². The molecular weight excluding hydrogens is 262 g/mol. The molecule has 0 saturated heterocycles. The molecule has 3 N–H and O–H groups in total. The number of aromatic nitrogens is 2. The summed E-state index contributed by atoms with van der Waals surface area (Å²) in [7, 11) is -3.70. The molecule has 1 aliphatic rings. The van der Waals surface area contributed by atoms with E-state index in [9.17, 15) is 13.2 Å². The molecule has 8 nitrogen and oxygen atoms in total. The van der Waals surface area contributed by atoms with E-state index in [1.165, 1.54) is 0 Å². The van der Waals surface area contributed by atoms with Crippen LogP contribution in [0.1, 0.15) is 12.8 Å². The minimum Gasteiger partial charge on any atom is -0.480 e. The molecule has 2 rings (SSSR count). The van der Waals surface area contributed by atoms with Crippen LogP contribution in [0.2, 0.25) is 0 Å². The SMILES string of the molecule is O=C(O)Cn1cc(S(=O)(=O)NC2CC(O)C2)cn1. The number of nitrogens with zero attached hydrogens (tertiary/aromatic N) is 2. The quantitative estimate of drug-likeness (QED) is 0.618. The average Bonchev–Trinajstić information content (AvgIpc) is 2.63. The summed E-state index contributed by atoms with van der Waals surface area (Å²) in [6.45, 7) is -0.391. The normalized spacial score (nSPS) is 23.6. The van der Waals surface area contributed by atoms with Gasteiger partial charge in [-0.25, -0.2) is 13.1 Å². The standard InChI is InChI=1S/C9H13N3O5S/c13-7-1-6(2-7)11-18(16,17)8-3-10-12(4-8)5-9(14)15/h3-4,6-7,11,13H,1-2,5H2,(H,14,15). The van der Waals surface area contributed by atoms with E-state index in [-0.39, 0.29) is 10.9 Å². The molecule has 1 aromatic heterocycles. The lowest BCUT2D eigenvalue weighted by molar-refractivity contribution is -0.137. The molecule has 0 atom stereocenters. The fourth-order valence-electron chi connectivity index (χ4n) is 1.68. The molecule has 0 amide bonds. The molecule has 0 aliphatic heterocycles. The molecule has 18 heavy (non-hydrogen) atoms. The fraction of sp³-hybridized carbons (Fsp3) is 0.556. The minimum absolute atomic E-state index is 0.0786. The number of nitrogens with one attached hydrogen (secondary N) is 1. The molecule has 0 bridgehead atoms. The van der Waals surface area contributed by atoms with Crippen molar-refractivity contribution in [3.05, 3.63) is 12.4 Å². The van der Waals surface area contributed by atoms with E-state index in [4.69, 9.17) is 10.2 Å². The summed E-state index contributed by atoms with van der Waals surface area (Å²) in [6, 6.07) is -0.271. The Morgan fingerprint density at radius 3 is 2.78 bits per heavy atom. The first-order valence-corrected chi connectivity index (χ1v) is 6.80. The van der Waals surface area contributed by atoms with Gasteiger partial charge in [-0.3, -0.25) is 9.48 Å². The van der Waals surface area contributed by atoms with Crippen molar-refractivity contribution in [1.82, 2.24) is 14.5 Å². The van der Waals surface area contributed by atoms with Gasteiger partial charge in [0.05, 0.1) is 12.3 Å². The summed E-state index contributed by atoms with van der Waals surface area (Å²) >= 11 is 0. The van der Waals surface area contributed by atoms with Crippen LogP contribution in [0.25, 0.3) is 0 Å². The Balaban J connectivity index is 2.05. The number of sulfonamides is 1. The van der Waals surface area contributed by atoms with Crippen molar-refractivity contribution in [2.45, 2.75) is 36.4 Å². The van der Waals surface area contributed by atoms with Crippen molar-refractivity contribution in [2.24, 2.45) is 0 Å².